The molecule has 0 saturated carbocycles. The summed E-state index contributed by atoms with van der Waals surface area (Å²) in [5, 5.41) is 4.17. The summed E-state index contributed by atoms with van der Waals surface area (Å²) in [6.07, 6.45) is 5.98. The normalized spacial score (nSPS) is 12.6. The van der Waals surface area contributed by atoms with Crippen molar-refractivity contribution in [3.05, 3.63) is 47.8 Å². The summed E-state index contributed by atoms with van der Waals surface area (Å²) in [5.74, 6) is 0.962. The SMILES string of the molecule is Cc1ccc(SCC(N)CCc2cnn(C)c2)cc1. The number of nitrogens with zero attached hydrogens (tertiary/aromatic N) is 2. The van der Waals surface area contributed by atoms with Gasteiger partial charge in [0.05, 0.1) is 6.20 Å². The lowest BCUT2D eigenvalue weighted by atomic mass is 10.1. The quantitative estimate of drug-likeness (QED) is 0.824. The van der Waals surface area contributed by atoms with E-state index in [-0.39, 0.29) is 6.04 Å². The maximum absolute atomic E-state index is 6.16. The van der Waals surface area contributed by atoms with Crippen LogP contribution in [-0.4, -0.2) is 21.6 Å². The summed E-state index contributed by atoms with van der Waals surface area (Å²) in [4.78, 5) is 1.29. The first-order valence-electron chi connectivity index (χ1n) is 6.56. The highest BCUT2D eigenvalue weighted by Crippen LogP contribution is 2.19. The third-order valence-electron chi connectivity index (χ3n) is 3.05. The van der Waals surface area contributed by atoms with E-state index in [0.717, 1.165) is 18.6 Å². The lowest BCUT2D eigenvalue weighted by Gasteiger charge is -2.10. The molecule has 0 saturated heterocycles. The molecule has 1 aromatic carbocycles. The van der Waals surface area contributed by atoms with Crippen LogP contribution in [0.4, 0.5) is 0 Å². The predicted molar refractivity (Wildman–Crippen MR) is 81.4 cm³/mol. The van der Waals surface area contributed by atoms with Gasteiger partial charge in [-0.1, -0.05) is 17.7 Å². The van der Waals surface area contributed by atoms with Gasteiger partial charge >= 0.3 is 0 Å². The number of benzene rings is 1. The summed E-state index contributed by atoms with van der Waals surface area (Å²) in [7, 11) is 1.94. The highest BCUT2D eigenvalue weighted by Gasteiger charge is 2.05. The third-order valence-corrected chi connectivity index (χ3v) is 4.25. The number of nitrogens with two attached hydrogens (primary N) is 1. The molecule has 0 amide bonds. The van der Waals surface area contributed by atoms with Crippen LogP contribution in [0.2, 0.25) is 0 Å². The van der Waals surface area contributed by atoms with Gasteiger partial charge in [0, 0.05) is 29.9 Å². The molecule has 0 aliphatic carbocycles. The molecule has 1 heterocycles. The van der Waals surface area contributed by atoms with Gasteiger partial charge in [-0.2, -0.15) is 5.10 Å². The van der Waals surface area contributed by atoms with E-state index in [1.165, 1.54) is 16.0 Å². The zero-order chi connectivity index (χ0) is 13.7. The Morgan fingerprint density at radius 2 is 2.05 bits per heavy atom. The average molecular weight is 275 g/mol. The Hall–Kier alpha value is -1.26. The minimum absolute atomic E-state index is 0.228. The second kappa shape index (κ2) is 6.78. The van der Waals surface area contributed by atoms with E-state index in [9.17, 15) is 0 Å². The van der Waals surface area contributed by atoms with Crippen molar-refractivity contribution in [2.24, 2.45) is 12.8 Å². The van der Waals surface area contributed by atoms with Crippen LogP contribution in [0.5, 0.6) is 0 Å². The van der Waals surface area contributed by atoms with E-state index in [2.05, 4.69) is 42.5 Å². The van der Waals surface area contributed by atoms with Gasteiger partial charge in [-0.15, -0.1) is 11.8 Å². The fourth-order valence-corrected chi connectivity index (χ4v) is 2.78. The number of hydrogen-bond acceptors (Lipinski definition) is 3. The molecule has 0 aliphatic rings. The van der Waals surface area contributed by atoms with Crippen LogP contribution in [0.1, 0.15) is 17.5 Å². The Morgan fingerprint density at radius 1 is 1.32 bits per heavy atom. The molecule has 1 aromatic heterocycles. The zero-order valence-electron chi connectivity index (χ0n) is 11.5. The fourth-order valence-electron chi connectivity index (χ4n) is 1.87. The molecule has 2 N–H and O–H groups in total. The second-order valence-corrected chi connectivity index (χ2v) is 6.04. The minimum atomic E-state index is 0.228. The van der Waals surface area contributed by atoms with Crippen LogP contribution in [0.3, 0.4) is 0 Å². The number of aromatic nitrogens is 2. The van der Waals surface area contributed by atoms with E-state index < -0.39 is 0 Å². The summed E-state index contributed by atoms with van der Waals surface area (Å²) < 4.78 is 1.84. The molecule has 4 heteroatoms. The topological polar surface area (TPSA) is 43.8 Å². The monoisotopic (exact) mass is 275 g/mol. The number of aryl methyl sites for hydroxylation is 3. The molecule has 19 heavy (non-hydrogen) atoms. The standard InChI is InChI=1S/C15H21N3S/c1-12-3-7-15(8-4-12)19-11-14(16)6-5-13-9-17-18(2)10-13/h3-4,7-10,14H,5-6,11,16H2,1-2H3. The van der Waals surface area contributed by atoms with Crippen molar-refractivity contribution in [1.29, 1.82) is 0 Å². The molecule has 2 aromatic rings. The van der Waals surface area contributed by atoms with Gasteiger partial charge in [0.2, 0.25) is 0 Å². The molecule has 2 rings (SSSR count). The summed E-state index contributed by atoms with van der Waals surface area (Å²) in [6.45, 7) is 2.11. The number of hydrogen-bond donors (Lipinski definition) is 1. The molecule has 0 spiro atoms. The average Bonchev–Trinajstić information content (AvgIpc) is 2.81. The Kier molecular flexibility index (Phi) is 5.05. The Labute approximate surface area is 119 Å². The van der Waals surface area contributed by atoms with Crippen molar-refractivity contribution < 1.29 is 0 Å². The molecule has 0 aliphatic heterocycles. The van der Waals surface area contributed by atoms with Gasteiger partial charge in [-0.25, -0.2) is 0 Å². The van der Waals surface area contributed by atoms with Crippen molar-refractivity contribution >= 4 is 11.8 Å². The van der Waals surface area contributed by atoms with Crippen LogP contribution in [-0.2, 0) is 13.5 Å². The Morgan fingerprint density at radius 3 is 2.68 bits per heavy atom. The third kappa shape index (κ3) is 4.73. The predicted octanol–water partition coefficient (Wildman–Crippen LogP) is 2.78. The van der Waals surface area contributed by atoms with Gasteiger partial charge < -0.3 is 5.73 Å². The van der Waals surface area contributed by atoms with Gasteiger partial charge in [-0.3, -0.25) is 4.68 Å². The number of thioether (sulfide) groups is 1. The maximum atomic E-state index is 6.16. The smallest absolute Gasteiger partial charge is 0.0521 e. The first kappa shape index (κ1) is 14.2. The Bertz CT molecular complexity index is 504. The summed E-state index contributed by atoms with van der Waals surface area (Å²) >= 11 is 1.83. The van der Waals surface area contributed by atoms with Crippen molar-refractivity contribution in [3.8, 4) is 0 Å². The molecular weight excluding hydrogens is 254 g/mol. The van der Waals surface area contributed by atoms with E-state index >= 15 is 0 Å². The van der Waals surface area contributed by atoms with Gasteiger partial charge in [0.25, 0.3) is 0 Å². The second-order valence-electron chi connectivity index (χ2n) is 4.95. The Balaban J connectivity index is 1.72. The highest BCUT2D eigenvalue weighted by atomic mass is 32.2. The van der Waals surface area contributed by atoms with Crippen molar-refractivity contribution in [2.75, 3.05) is 5.75 Å². The van der Waals surface area contributed by atoms with Gasteiger partial charge in [0.15, 0.2) is 0 Å². The first-order chi connectivity index (χ1) is 9.13. The molecule has 3 nitrogen and oxygen atoms in total. The lowest BCUT2D eigenvalue weighted by molar-refractivity contribution is 0.674. The van der Waals surface area contributed by atoms with Crippen molar-refractivity contribution in [2.45, 2.75) is 30.7 Å². The molecule has 102 valence electrons. The first-order valence-corrected chi connectivity index (χ1v) is 7.54. The van der Waals surface area contributed by atoms with Crippen LogP contribution < -0.4 is 5.73 Å². The van der Waals surface area contributed by atoms with Gasteiger partial charge in [0.1, 0.15) is 0 Å². The molecule has 0 bridgehead atoms. The minimum Gasteiger partial charge on any atom is -0.327 e. The van der Waals surface area contributed by atoms with E-state index in [1.54, 1.807) is 0 Å². The molecule has 1 atom stereocenters. The summed E-state index contributed by atoms with van der Waals surface area (Å²) in [5.41, 5.74) is 8.72. The highest BCUT2D eigenvalue weighted by molar-refractivity contribution is 7.99. The number of rotatable bonds is 6. The largest absolute Gasteiger partial charge is 0.327 e. The van der Waals surface area contributed by atoms with E-state index in [4.69, 9.17) is 5.73 Å². The van der Waals surface area contributed by atoms with Crippen LogP contribution >= 0.6 is 11.8 Å². The van der Waals surface area contributed by atoms with E-state index in [0.29, 0.717) is 0 Å². The summed E-state index contributed by atoms with van der Waals surface area (Å²) in [6, 6.07) is 8.83. The lowest BCUT2D eigenvalue weighted by Crippen LogP contribution is -2.23. The van der Waals surface area contributed by atoms with Crippen molar-refractivity contribution in [3.63, 3.8) is 0 Å². The molecule has 0 radical (unpaired) electrons. The molecule has 1 unspecified atom stereocenters. The fraction of sp³-hybridized carbons (Fsp3) is 0.400. The van der Waals surface area contributed by atoms with Crippen molar-refractivity contribution in [1.82, 2.24) is 9.78 Å². The van der Waals surface area contributed by atoms with Crippen LogP contribution in [0, 0.1) is 6.92 Å². The zero-order valence-corrected chi connectivity index (χ0v) is 12.4. The van der Waals surface area contributed by atoms with Crippen LogP contribution in [0.25, 0.3) is 0 Å². The molecule has 0 fully saturated rings. The maximum Gasteiger partial charge on any atom is 0.0521 e. The van der Waals surface area contributed by atoms with Gasteiger partial charge in [-0.05, 0) is 37.5 Å². The molecular formula is C15H21N3S. The van der Waals surface area contributed by atoms with Crippen LogP contribution in [0.15, 0.2) is 41.6 Å². The van der Waals surface area contributed by atoms with E-state index in [1.807, 2.05) is 29.7 Å².